The average Bonchev–Trinajstić information content (AvgIpc) is 3.24. The number of hydrogen-bond acceptors (Lipinski definition) is 6. The fraction of sp³-hybridized carbons (Fsp3) is 0.333. The van der Waals surface area contributed by atoms with E-state index in [4.69, 9.17) is 27.7 Å². The van der Waals surface area contributed by atoms with Gasteiger partial charge in [-0.15, -0.1) is 0 Å². The van der Waals surface area contributed by atoms with Gasteiger partial charge in [-0.2, -0.15) is 13.2 Å². The van der Waals surface area contributed by atoms with Crippen molar-refractivity contribution in [2.24, 2.45) is 0 Å². The lowest BCUT2D eigenvalue weighted by Crippen LogP contribution is -2.47. The molecule has 1 atom stereocenters. The van der Waals surface area contributed by atoms with Crippen molar-refractivity contribution in [2.75, 3.05) is 37.6 Å². The first kappa shape index (κ1) is 22.8. The molecule has 6 nitrogen and oxygen atoms in total. The van der Waals surface area contributed by atoms with Crippen molar-refractivity contribution >= 4 is 29.0 Å². The standard InChI is InChI=1S/C21H19Cl2F3N4O2/c22-15-7-13(8-16(23)9-15)17-10-19(32-28-17)18(31)12-29-3-5-30(6-4-29)20-2-1-14(11-27-20)21(24,25)26/h1-2,7-11,18,31H,3-6,12H2/t18-/m0/s1. The summed E-state index contributed by atoms with van der Waals surface area (Å²) in [7, 11) is 0. The molecule has 3 heterocycles. The SMILES string of the molecule is O[C@@H](CN1CCN(c2ccc(C(F)(F)F)cn2)CC1)c1cc(-c2cc(Cl)cc(Cl)c2)no1. The summed E-state index contributed by atoms with van der Waals surface area (Å²) < 4.78 is 43.4. The number of anilines is 1. The van der Waals surface area contributed by atoms with Crippen LogP contribution in [0.4, 0.5) is 19.0 Å². The molecule has 0 spiro atoms. The Morgan fingerprint density at radius 3 is 2.31 bits per heavy atom. The van der Waals surface area contributed by atoms with Crippen molar-refractivity contribution in [3.8, 4) is 11.3 Å². The van der Waals surface area contributed by atoms with Gasteiger partial charge in [-0.1, -0.05) is 28.4 Å². The van der Waals surface area contributed by atoms with Gasteiger partial charge in [-0.3, -0.25) is 4.90 Å². The van der Waals surface area contributed by atoms with Crippen molar-refractivity contribution in [3.05, 3.63) is 64.0 Å². The van der Waals surface area contributed by atoms with E-state index in [1.165, 1.54) is 6.07 Å². The molecule has 1 aliphatic heterocycles. The lowest BCUT2D eigenvalue weighted by atomic mass is 10.1. The summed E-state index contributed by atoms with van der Waals surface area (Å²) in [5.41, 5.74) is 0.429. The molecule has 1 N–H and O–H groups in total. The van der Waals surface area contributed by atoms with Gasteiger partial charge in [0.15, 0.2) is 5.76 Å². The van der Waals surface area contributed by atoms with E-state index in [9.17, 15) is 18.3 Å². The largest absolute Gasteiger partial charge is 0.417 e. The molecule has 0 amide bonds. The molecule has 170 valence electrons. The molecular formula is C21H19Cl2F3N4O2. The number of β-amino-alcohol motifs (C(OH)–C–C–N with tert-alkyl or cyclic N) is 1. The zero-order valence-electron chi connectivity index (χ0n) is 16.7. The highest BCUT2D eigenvalue weighted by molar-refractivity contribution is 6.35. The van der Waals surface area contributed by atoms with Gasteiger partial charge >= 0.3 is 6.18 Å². The number of piperazine rings is 1. The Kier molecular flexibility index (Phi) is 6.62. The highest BCUT2D eigenvalue weighted by atomic mass is 35.5. The Morgan fingerprint density at radius 2 is 1.72 bits per heavy atom. The van der Waals surface area contributed by atoms with E-state index in [1.54, 1.807) is 24.3 Å². The van der Waals surface area contributed by atoms with Crippen molar-refractivity contribution in [3.63, 3.8) is 0 Å². The number of benzene rings is 1. The second-order valence-electron chi connectivity index (χ2n) is 7.48. The lowest BCUT2D eigenvalue weighted by Gasteiger charge is -2.36. The molecule has 1 aromatic carbocycles. The van der Waals surface area contributed by atoms with E-state index in [1.807, 2.05) is 9.80 Å². The highest BCUT2D eigenvalue weighted by Crippen LogP contribution is 2.30. The average molecular weight is 487 g/mol. The number of halogens is 5. The number of aliphatic hydroxyl groups is 1. The molecule has 1 aliphatic rings. The van der Waals surface area contributed by atoms with Crippen LogP contribution in [0.15, 0.2) is 47.1 Å². The van der Waals surface area contributed by atoms with Crippen molar-refractivity contribution in [1.82, 2.24) is 15.0 Å². The van der Waals surface area contributed by atoms with Gasteiger partial charge in [0.25, 0.3) is 0 Å². The molecule has 2 aromatic heterocycles. The van der Waals surface area contributed by atoms with Gasteiger partial charge in [0.05, 0.1) is 5.56 Å². The predicted molar refractivity (Wildman–Crippen MR) is 115 cm³/mol. The van der Waals surface area contributed by atoms with E-state index in [-0.39, 0.29) is 0 Å². The van der Waals surface area contributed by atoms with Crippen LogP contribution in [0.2, 0.25) is 10.0 Å². The maximum Gasteiger partial charge on any atom is 0.417 e. The summed E-state index contributed by atoms with van der Waals surface area (Å²) in [4.78, 5) is 7.90. The number of rotatable bonds is 5. The van der Waals surface area contributed by atoms with Crippen LogP contribution in [0.1, 0.15) is 17.4 Å². The normalized spacial score (nSPS) is 16.4. The molecule has 4 rings (SSSR count). The topological polar surface area (TPSA) is 65.6 Å². The molecule has 0 unspecified atom stereocenters. The Bertz CT molecular complexity index is 1050. The number of nitrogens with zero attached hydrogens (tertiary/aromatic N) is 4. The van der Waals surface area contributed by atoms with Crippen LogP contribution in [-0.4, -0.2) is 52.9 Å². The van der Waals surface area contributed by atoms with Gasteiger partial charge in [0, 0.05) is 60.6 Å². The van der Waals surface area contributed by atoms with Crippen molar-refractivity contribution < 1.29 is 22.8 Å². The summed E-state index contributed by atoms with van der Waals surface area (Å²) in [6.45, 7) is 2.72. The van der Waals surface area contributed by atoms with Gasteiger partial charge in [-0.25, -0.2) is 4.98 Å². The molecule has 1 fully saturated rings. The van der Waals surface area contributed by atoms with Crippen molar-refractivity contribution in [1.29, 1.82) is 0 Å². The monoisotopic (exact) mass is 486 g/mol. The zero-order valence-corrected chi connectivity index (χ0v) is 18.2. The van der Waals surface area contributed by atoms with Crippen LogP contribution in [0.5, 0.6) is 0 Å². The van der Waals surface area contributed by atoms with Crippen LogP contribution >= 0.6 is 23.2 Å². The minimum Gasteiger partial charge on any atom is -0.384 e. The van der Waals surface area contributed by atoms with E-state index in [0.29, 0.717) is 65.6 Å². The summed E-state index contributed by atoms with van der Waals surface area (Å²) in [6, 6.07) is 9.09. The second kappa shape index (κ2) is 9.27. The molecule has 0 radical (unpaired) electrons. The van der Waals surface area contributed by atoms with E-state index < -0.39 is 17.8 Å². The Morgan fingerprint density at radius 1 is 1.03 bits per heavy atom. The minimum absolute atomic E-state index is 0.322. The third-order valence-electron chi connectivity index (χ3n) is 5.22. The lowest BCUT2D eigenvalue weighted by molar-refractivity contribution is -0.137. The van der Waals surface area contributed by atoms with Gasteiger partial charge in [0.2, 0.25) is 0 Å². The smallest absolute Gasteiger partial charge is 0.384 e. The predicted octanol–water partition coefficient (Wildman–Crippen LogP) is 4.92. The highest BCUT2D eigenvalue weighted by Gasteiger charge is 2.31. The Balaban J connectivity index is 1.33. The quantitative estimate of drug-likeness (QED) is 0.552. The number of aliphatic hydroxyl groups excluding tert-OH is 1. The maximum atomic E-state index is 12.7. The van der Waals surface area contributed by atoms with Crippen LogP contribution in [0.25, 0.3) is 11.3 Å². The molecular weight excluding hydrogens is 468 g/mol. The zero-order chi connectivity index (χ0) is 22.9. The Labute approximate surface area is 192 Å². The van der Waals surface area contributed by atoms with Crippen LogP contribution in [-0.2, 0) is 6.18 Å². The minimum atomic E-state index is -4.40. The third-order valence-corrected chi connectivity index (χ3v) is 5.65. The van der Waals surface area contributed by atoms with E-state index >= 15 is 0 Å². The van der Waals surface area contributed by atoms with Crippen LogP contribution in [0, 0.1) is 0 Å². The first-order valence-corrected chi connectivity index (χ1v) is 10.6. The van der Waals surface area contributed by atoms with Crippen LogP contribution in [0.3, 0.4) is 0 Å². The molecule has 0 saturated carbocycles. The Hall–Kier alpha value is -2.33. The van der Waals surface area contributed by atoms with Gasteiger partial charge in [0.1, 0.15) is 17.6 Å². The fourth-order valence-corrected chi connectivity index (χ4v) is 4.05. The number of alkyl halides is 3. The molecule has 3 aromatic rings. The number of aromatic nitrogens is 2. The summed E-state index contributed by atoms with van der Waals surface area (Å²) in [6.07, 6.45) is -4.44. The molecule has 32 heavy (non-hydrogen) atoms. The number of hydrogen-bond donors (Lipinski definition) is 1. The first-order chi connectivity index (χ1) is 15.2. The molecule has 1 saturated heterocycles. The first-order valence-electron chi connectivity index (χ1n) is 9.81. The van der Waals surface area contributed by atoms with Gasteiger partial charge < -0.3 is 14.5 Å². The summed E-state index contributed by atoms with van der Waals surface area (Å²) in [5, 5.41) is 15.5. The number of pyridine rings is 1. The third kappa shape index (κ3) is 5.35. The van der Waals surface area contributed by atoms with Gasteiger partial charge in [-0.05, 0) is 30.3 Å². The molecule has 0 aliphatic carbocycles. The maximum absolute atomic E-state index is 12.7. The van der Waals surface area contributed by atoms with Crippen molar-refractivity contribution in [2.45, 2.75) is 12.3 Å². The summed E-state index contributed by atoms with van der Waals surface area (Å²) >= 11 is 12.0. The van der Waals surface area contributed by atoms with E-state index in [2.05, 4.69) is 10.1 Å². The van der Waals surface area contributed by atoms with E-state index in [0.717, 1.165) is 12.3 Å². The molecule has 0 bridgehead atoms. The second-order valence-corrected chi connectivity index (χ2v) is 8.35. The fourth-order valence-electron chi connectivity index (χ4n) is 3.52. The summed E-state index contributed by atoms with van der Waals surface area (Å²) in [5.74, 6) is 0.821. The molecule has 11 heteroatoms. The van der Waals surface area contributed by atoms with Crippen LogP contribution < -0.4 is 4.90 Å².